The number of amides is 1. The van der Waals surface area contributed by atoms with Crippen molar-refractivity contribution in [2.24, 2.45) is 0 Å². The van der Waals surface area contributed by atoms with Gasteiger partial charge in [-0.2, -0.15) is 0 Å². The van der Waals surface area contributed by atoms with Crippen molar-refractivity contribution in [3.63, 3.8) is 0 Å². The third kappa shape index (κ3) is 6.07. The van der Waals surface area contributed by atoms with Crippen LogP contribution in [0.5, 0.6) is 0 Å². The van der Waals surface area contributed by atoms with E-state index < -0.39 is 17.7 Å². The monoisotopic (exact) mass is 498 g/mol. The fraction of sp³-hybridized carbons (Fsp3) is 0.444. The predicted molar refractivity (Wildman–Crippen MR) is 133 cm³/mol. The summed E-state index contributed by atoms with van der Waals surface area (Å²) >= 11 is 0. The number of halogens is 2. The molecular weight excluding hydrogens is 466 g/mol. The molecule has 1 aliphatic heterocycles. The number of Topliss-reactive ketones (excluding diaryl/α,β-unsaturated/α-hetero) is 1. The van der Waals surface area contributed by atoms with E-state index in [-0.39, 0.29) is 43.2 Å². The molecule has 0 unspecified atom stereocenters. The number of nitrogen functional groups attached to an aromatic ring is 1. The maximum Gasteiger partial charge on any atom is 0.234 e. The molecule has 0 aliphatic carbocycles. The number of nitrogens with two attached hydrogens (primary N) is 1. The van der Waals surface area contributed by atoms with Gasteiger partial charge in [0.2, 0.25) is 5.91 Å². The number of carbonyl (C=O) groups is 2. The first-order valence-corrected chi connectivity index (χ1v) is 12.4. The number of ketones is 1. The molecule has 1 aromatic heterocycles. The van der Waals surface area contributed by atoms with Gasteiger partial charge < -0.3 is 15.6 Å². The Balaban J connectivity index is 1.46. The highest BCUT2D eigenvalue weighted by molar-refractivity contribution is 5.90. The molecule has 4 rings (SSSR count). The van der Waals surface area contributed by atoms with Crippen LogP contribution in [0.15, 0.2) is 40.9 Å². The Labute approximate surface area is 209 Å². The Morgan fingerprint density at radius 2 is 1.83 bits per heavy atom. The van der Waals surface area contributed by atoms with Crippen molar-refractivity contribution in [3.05, 3.63) is 59.2 Å². The number of rotatable bonds is 9. The maximum absolute atomic E-state index is 13.8. The summed E-state index contributed by atoms with van der Waals surface area (Å²) in [5, 5.41) is 7.31. The van der Waals surface area contributed by atoms with Gasteiger partial charge in [-0.15, -0.1) is 0 Å². The van der Waals surface area contributed by atoms with Crippen LogP contribution in [-0.2, 0) is 22.4 Å². The molecule has 0 radical (unpaired) electrons. The van der Waals surface area contributed by atoms with E-state index in [1.807, 2.05) is 6.07 Å². The zero-order chi connectivity index (χ0) is 25.8. The molecule has 7 nitrogen and oxygen atoms in total. The number of nitrogens with zero attached hydrogens (tertiary/aromatic N) is 2. The molecule has 3 atom stereocenters. The zero-order valence-corrected chi connectivity index (χ0v) is 20.6. The number of anilines is 1. The molecule has 1 fully saturated rings. The summed E-state index contributed by atoms with van der Waals surface area (Å²) in [6.45, 7) is 4.39. The highest BCUT2D eigenvalue weighted by atomic mass is 19.2. The van der Waals surface area contributed by atoms with Gasteiger partial charge in [-0.25, -0.2) is 8.78 Å². The molecule has 1 amide bonds. The topological polar surface area (TPSA) is 101 Å². The average Bonchev–Trinajstić information content (AvgIpc) is 3.22. The maximum atomic E-state index is 13.8. The number of fused-ring (bicyclic) bond motifs is 1. The molecule has 1 aliphatic rings. The van der Waals surface area contributed by atoms with Crippen LogP contribution >= 0.6 is 0 Å². The van der Waals surface area contributed by atoms with E-state index in [9.17, 15) is 18.4 Å². The highest BCUT2D eigenvalue weighted by Gasteiger charge is 2.28. The van der Waals surface area contributed by atoms with Crippen LogP contribution in [0.3, 0.4) is 0 Å². The number of likely N-dealkylation sites (tertiary alicyclic amines) is 1. The smallest absolute Gasteiger partial charge is 0.234 e. The van der Waals surface area contributed by atoms with E-state index >= 15 is 0 Å². The van der Waals surface area contributed by atoms with E-state index in [4.69, 9.17) is 10.3 Å². The quantitative estimate of drug-likeness (QED) is 0.459. The number of hydrogen-bond acceptors (Lipinski definition) is 6. The summed E-state index contributed by atoms with van der Waals surface area (Å²) in [5.74, 6) is -2.08. The average molecular weight is 499 g/mol. The van der Waals surface area contributed by atoms with Gasteiger partial charge in [-0.3, -0.25) is 14.5 Å². The van der Waals surface area contributed by atoms with E-state index in [2.05, 4.69) is 29.2 Å². The third-order valence-electron chi connectivity index (χ3n) is 7.07. The van der Waals surface area contributed by atoms with Crippen LogP contribution in [0.4, 0.5) is 14.6 Å². The minimum atomic E-state index is -0.986. The number of piperidine rings is 1. The van der Waals surface area contributed by atoms with Gasteiger partial charge in [0.25, 0.3) is 0 Å². The van der Waals surface area contributed by atoms with Crippen LogP contribution in [0.1, 0.15) is 50.7 Å². The van der Waals surface area contributed by atoms with Crippen molar-refractivity contribution < 1.29 is 22.9 Å². The molecule has 9 heteroatoms. The summed E-state index contributed by atoms with van der Waals surface area (Å²) in [6.07, 6.45) is 3.82. The molecule has 3 aromatic rings. The van der Waals surface area contributed by atoms with E-state index in [0.29, 0.717) is 28.8 Å². The molecule has 36 heavy (non-hydrogen) atoms. The molecule has 0 spiro atoms. The van der Waals surface area contributed by atoms with Gasteiger partial charge in [0.05, 0.1) is 18.0 Å². The van der Waals surface area contributed by atoms with Crippen LogP contribution in [-0.4, -0.2) is 46.4 Å². The normalized spacial score (nSPS) is 19.3. The molecule has 192 valence electrons. The van der Waals surface area contributed by atoms with Crippen molar-refractivity contribution in [2.75, 3.05) is 12.3 Å². The van der Waals surface area contributed by atoms with Gasteiger partial charge in [0.15, 0.2) is 28.8 Å². The van der Waals surface area contributed by atoms with Crippen LogP contribution in [0, 0.1) is 11.6 Å². The van der Waals surface area contributed by atoms with Crippen molar-refractivity contribution in [1.29, 1.82) is 0 Å². The number of hydrogen-bond donors (Lipinski definition) is 2. The van der Waals surface area contributed by atoms with Gasteiger partial charge in [-0.05, 0) is 74.9 Å². The zero-order valence-electron chi connectivity index (χ0n) is 20.6. The summed E-state index contributed by atoms with van der Waals surface area (Å²) in [6, 6.07) is 8.66. The van der Waals surface area contributed by atoms with E-state index in [1.54, 1.807) is 12.1 Å². The number of benzene rings is 2. The van der Waals surface area contributed by atoms with Crippen molar-refractivity contribution in [1.82, 2.24) is 15.4 Å². The second kappa shape index (κ2) is 11.2. The SMILES string of the molecule is C[C@@H]1CCC[C@H](C)N1CC(=O)N[C@@H](Cc1ccc(F)c(F)c1)C(=O)CCc1ccc2c(N)noc2c1. The van der Waals surface area contributed by atoms with Crippen LogP contribution in [0.25, 0.3) is 11.0 Å². The largest absolute Gasteiger partial charge is 0.380 e. The van der Waals surface area contributed by atoms with Gasteiger partial charge in [0.1, 0.15) is 0 Å². The number of nitrogens with one attached hydrogen (secondary N) is 1. The van der Waals surface area contributed by atoms with E-state index in [0.717, 1.165) is 37.0 Å². The highest BCUT2D eigenvalue weighted by Crippen LogP contribution is 2.23. The lowest BCUT2D eigenvalue weighted by Crippen LogP contribution is -2.51. The van der Waals surface area contributed by atoms with Gasteiger partial charge in [0, 0.05) is 18.5 Å². The Morgan fingerprint density at radius 1 is 1.11 bits per heavy atom. The lowest BCUT2D eigenvalue weighted by atomic mass is 9.96. The first-order valence-electron chi connectivity index (χ1n) is 12.4. The number of aromatic nitrogens is 1. The van der Waals surface area contributed by atoms with Crippen molar-refractivity contribution in [2.45, 2.75) is 70.5 Å². The Hall–Kier alpha value is -3.33. The van der Waals surface area contributed by atoms with Gasteiger partial charge >= 0.3 is 0 Å². The van der Waals surface area contributed by atoms with E-state index in [1.165, 1.54) is 6.07 Å². The van der Waals surface area contributed by atoms with Crippen molar-refractivity contribution in [3.8, 4) is 0 Å². The molecule has 1 saturated heterocycles. The number of aryl methyl sites for hydroxylation is 1. The summed E-state index contributed by atoms with van der Waals surface area (Å²) < 4.78 is 32.4. The molecule has 0 bridgehead atoms. The summed E-state index contributed by atoms with van der Waals surface area (Å²) in [5.41, 5.74) is 7.59. The fourth-order valence-electron chi connectivity index (χ4n) is 4.94. The second-order valence-corrected chi connectivity index (χ2v) is 9.74. The molecular formula is C27H32F2N4O3. The fourth-order valence-corrected chi connectivity index (χ4v) is 4.94. The molecule has 0 saturated carbocycles. The predicted octanol–water partition coefficient (Wildman–Crippen LogP) is 4.18. The minimum Gasteiger partial charge on any atom is -0.380 e. The Kier molecular flexibility index (Phi) is 7.98. The van der Waals surface area contributed by atoms with Crippen molar-refractivity contribution >= 4 is 28.5 Å². The Morgan fingerprint density at radius 3 is 2.56 bits per heavy atom. The lowest BCUT2D eigenvalue weighted by Gasteiger charge is -2.38. The molecule has 3 N–H and O–H groups in total. The summed E-state index contributed by atoms with van der Waals surface area (Å²) in [4.78, 5) is 28.4. The Bertz CT molecular complexity index is 1230. The number of carbonyl (C=O) groups excluding carboxylic acids is 2. The lowest BCUT2D eigenvalue weighted by molar-refractivity contribution is -0.129. The second-order valence-electron chi connectivity index (χ2n) is 9.74. The summed E-state index contributed by atoms with van der Waals surface area (Å²) in [7, 11) is 0. The molecule has 2 aromatic carbocycles. The van der Waals surface area contributed by atoms with Crippen LogP contribution < -0.4 is 11.1 Å². The first-order chi connectivity index (χ1) is 17.2. The van der Waals surface area contributed by atoms with Gasteiger partial charge in [-0.1, -0.05) is 23.7 Å². The molecule has 2 heterocycles. The standard InChI is InChI=1S/C27H32F2N4O3/c1-16-4-3-5-17(2)33(16)15-26(35)31-23(13-19-7-10-21(28)22(29)12-19)24(34)11-8-18-6-9-20-25(14-18)36-32-27(20)30/h6-7,9-10,12,14,16-17,23H,3-5,8,11,13,15H2,1-2H3,(H2,30,32)(H,31,35)/t16-,17+,23-/m0/s1. The third-order valence-corrected chi connectivity index (χ3v) is 7.07. The minimum absolute atomic E-state index is 0.0740. The first kappa shape index (κ1) is 25.8. The van der Waals surface area contributed by atoms with Crippen LogP contribution in [0.2, 0.25) is 0 Å².